The van der Waals surface area contributed by atoms with Crippen molar-refractivity contribution in [3.05, 3.63) is 47.3 Å². The molecule has 0 spiro atoms. The molecule has 0 aliphatic carbocycles. The van der Waals surface area contributed by atoms with Gasteiger partial charge in [-0.05, 0) is 12.5 Å². The first-order valence-electron chi connectivity index (χ1n) is 7.57. The Morgan fingerprint density at radius 1 is 1.09 bits per heavy atom. The highest BCUT2D eigenvalue weighted by molar-refractivity contribution is 7.88. The summed E-state index contributed by atoms with van der Waals surface area (Å²) < 4.78 is 31.3. The molecule has 0 atom stereocenters. The van der Waals surface area contributed by atoms with Gasteiger partial charge in [-0.25, -0.2) is 13.0 Å². The Morgan fingerprint density at radius 2 is 1.78 bits per heavy atom. The molecule has 8 heteroatoms. The summed E-state index contributed by atoms with van der Waals surface area (Å²) in [6, 6.07) is 9.28. The predicted molar refractivity (Wildman–Crippen MR) is 85.0 cm³/mol. The zero-order valence-electron chi connectivity index (χ0n) is 13.1. The minimum atomic E-state index is -3.27. The summed E-state index contributed by atoms with van der Waals surface area (Å²) in [5.41, 5.74) is 2.41. The number of rotatable bonds is 5. The van der Waals surface area contributed by atoms with Crippen molar-refractivity contribution in [3.63, 3.8) is 0 Å². The van der Waals surface area contributed by atoms with Crippen LogP contribution in [0.15, 0.2) is 35.0 Å². The van der Waals surface area contributed by atoms with Crippen molar-refractivity contribution in [3.8, 4) is 0 Å². The molecule has 1 aromatic heterocycles. The van der Waals surface area contributed by atoms with Gasteiger partial charge in [0, 0.05) is 32.7 Å². The van der Waals surface area contributed by atoms with Gasteiger partial charge >= 0.3 is 0 Å². The van der Waals surface area contributed by atoms with Crippen LogP contribution in [0.4, 0.5) is 0 Å². The maximum Gasteiger partial charge on any atom is 0.218 e. The van der Waals surface area contributed by atoms with Gasteiger partial charge in [0.15, 0.2) is 0 Å². The molecule has 1 aliphatic rings. The Balaban J connectivity index is 1.57. The molecule has 23 heavy (non-hydrogen) atoms. The van der Waals surface area contributed by atoms with E-state index >= 15 is 0 Å². The second kappa shape index (κ2) is 6.77. The van der Waals surface area contributed by atoms with Crippen LogP contribution in [0.5, 0.6) is 0 Å². The van der Waals surface area contributed by atoms with Gasteiger partial charge in [0.2, 0.25) is 10.0 Å². The minimum Gasteiger partial charge on any atom is -0.295 e. The Labute approximate surface area is 135 Å². The number of aryl methyl sites for hydroxylation is 1. The Kier molecular flexibility index (Phi) is 4.74. The maximum atomic E-state index is 12.5. The maximum absolute atomic E-state index is 12.5. The van der Waals surface area contributed by atoms with Crippen LogP contribution in [-0.4, -0.2) is 54.1 Å². The number of benzene rings is 1. The Hall–Kier alpha value is -1.77. The van der Waals surface area contributed by atoms with Crippen LogP contribution in [0, 0.1) is 6.92 Å². The predicted octanol–water partition coefficient (Wildman–Crippen LogP) is 1.03. The van der Waals surface area contributed by atoms with Crippen molar-refractivity contribution in [1.29, 1.82) is 0 Å². The Morgan fingerprint density at radius 3 is 2.39 bits per heavy atom. The van der Waals surface area contributed by atoms with E-state index in [0.717, 1.165) is 17.0 Å². The average Bonchev–Trinajstić information content (AvgIpc) is 2.93. The summed E-state index contributed by atoms with van der Waals surface area (Å²) in [6.07, 6.45) is 0. The largest absolute Gasteiger partial charge is 0.295 e. The van der Waals surface area contributed by atoms with E-state index in [2.05, 4.69) is 15.2 Å². The van der Waals surface area contributed by atoms with Gasteiger partial charge in [-0.2, -0.15) is 4.31 Å². The van der Waals surface area contributed by atoms with Gasteiger partial charge in [-0.15, -0.1) is 0 Å². The molecule has 2 heterocycles. The van der Waals surface area contributed by atoms with Crippen LogP contribution in [0.2, 0.25) is 0 Å². The Bertz CT molecular complexity index is 737. The molecule has 0 bridgehead atoms. The van der Waals surface area contributed by atoms with E-state index in [1.807, 2.05) is 37.3 Å². The van der Waals surface area contributed by atoms with Crippen molar-refractivity contribution in [1.82, 2.24) is 19.5 Å². The molecule has 0 unspecified atom stereocenters. The van der Waals surface area contributed by atoms with Gasteiger partial charge in [0.1, 0.15) is 11.4 Å². The third-order valence-electron chi connectivity index (χ3n) is 4.04. The van der Waals surface area contributed by atoms with E-state index in [-0.39, 0.29) is 5.75 Å². The zero-order valence-corrected chi connectivity index (χ0v) is 13.9. The third kappa shape index (κ3) is 3.95. The average molecular weight is 336 g/mol. The quantitative estimate of drug-likeness (QED) is 0.811. The highest BCUT2D eigenvalue weighted by atomic mass is 32.2. The molecule has 1 saturated heterocycles. The van der Waals surface area contributed by atoms with Crippen LogP contribution in [0.3, 0.4) is 0 Å². The highest BCUT2D eigenvalue weighted by Crippen LogP contribution is 2.15. The van der Waals surface area contributed by atoms with Crippen molar-refractivity contribution in [2.75, 3.05) is 26.2 Å². The topological polar surface area (TPSA) is 79.5 Å². The van der Waals surface area contributed by atoms with Crippen molar-refractivity contribution in [2.24, 2.45) is 0 Å². The molecule has 7 nitrogen and oxygen atoms in total. The molecule has 1 aromatic carbocycles. The van der Waals surface area contributed by atoms with Gasteiger partial charge in [0.25, 0.3) is 0 Å². The number of aromatic nitrogens is 2. The zero-order chi connectivity index (χ0) is 16.3. The fourth-order valence-corrected chi connectivity index (χ4v) is 4.16. The molecule has 124 valence electrons. The number of hydrogen-bond acceptors (Lipinski definition) is 6. The van der Waals surface area contributed by atoms with Crippen LogP contribution in [0.25, 0.3) is 0 Å². The van der Waals surface area contributed by atoms with Crippen LogP contribution >= 0.6 is 0 Å². The lowest BCUT2D eigenvalue weighted by atomic mass is 10.2. The second-order valence-electron chi connectivity index (χ2n) is 5.71. The molecular formula is C15H20N4O3S. The van der Waals surface area contributed by atoms with Gasteiger partial charge in [-0.3, -0.25) is 4.90 Å². The first kappa shape index (κ1) is 16.1. The number of hydrogen-bond donors (Lipinski definition) is 0. The smallest absolute Gasteiger partial charge is 0.218 e. The lowest BCUT2D eigenvalue weighted by Crippen LogP contribution is -2.48. The first-order valence-corrected chi connectivity index (χ1v) is 9.18. The summed E-state index contributed by atoms with van der Waals surface area (Å²) in [7, 11) is -3.27. The van der Waals surface area contributed by atoms with Crippen LogP contribution in [0.1, 0.15) is 17.0 Å². The summed E-state index contributed by atoms with van der Waals surface area (Å²) in [5, 5.41) is 7.64. The molecule has 3 rings (SSSR count). The third-order valence-corrected chi connectivity index (χ3v) is 5.89. The second-order valence-corrected chi connectivity index (χ2v) is 7.68. The number of nitrogens with zero attached hydrogens (tertiary/aromatic N) is 4. The molecular weight excluding hydrogens is 316 g/mol. The fraction of sp³-hybridized carbons (Fsp3) is 0.467. The SMILES string of the molecule is Cc1nonc1CN1CCN(S(=O)(=O)Cc2ccccc2)CC1. The van der Waals surface area contributed by atoms with Crippen LogP contribution in [-0.2, 0) is 22.3 Å². The van der Waals surface area contributed by atoms with E-state index in [9.17, 15) is 8.42 Å². The van der Waals surface area contributed by atoms with Gasteiger partial charge < -0.3 is 0 Å². The van der Waals surface area contributed by atoms with Gasteiger partial charge in [-0.1, -0.05) is 40.6 Å². The van der Waals surface area contributed by atoms with Crippen molar-refractivity contribution < 1.29 is 13.0 Å². The summed E-state index contributed by atoms with van der Waals surface area (Å²) in [6.45, 7) is 4.86. The summed E-state index contributed by atoms with van der Waals surface area (Å²) in [5.74, 6) is 0.0557. The molecule has 0 amide bonds. The first-order chi connectivity index (χ1) is 11.0. The number of sulfonamides is 1. The van der Waals surface area contributed by atoms with Gasteiger partial charge in [0.05, 0.1) is 5.75 Å². The molecule has 0 radical (unpaired) electrons. The lowest BCUT2D eigenvalue weighted by Gasteiger charge is -2.33. The molecule has 2 aromatic rings. The molecule has 0 N–H and O–H groups in total. The highest BCUT2D eigenvalue weighted by Gasteiger charge is 2.27. The summed E-state index contributed by atoms with van der Waals surface area (Å²) in [4.78, 5) is 2.17. The van der Waals surface area contributed by atoms with E-state index in [1.165, 1.54) is 0 Å². The normalized spacial score (nSPS) is 17.4. The van der Waals surface area contributed by atoms with E-state index in [0.29, 0.717) is 32.7 Å². The monoisotopic (exact) mass is 336 g/mol. The van der Waals surface area contributed by atoms with Crippen molar-refractivity contribution >= 4 is 10.0 Å². The number of piperazine rings is 1. The molecule has 1 aliphatic heterocycles. The summed E-state index contributed by atoms with van der Waals surface area (Å²) >= 11 is 0. The minimum absolute atomic E-state index is 0.0557. The lowest BCUT2D eigenvalue weighted by molar-refractivity contribution is 0.176. The van der Waals surface area contributed by atoms with E-state index in [4.69, 9.17) is 4.63 Å². The molecule has 1 fully saturated rings. The van der Waals surface area contributed by atoms with E-state index < -0.39 is 10.0 Å². The van der Waals surface area contributed by atoms with Crippen molar-refractivity contribution in [2.45, 2.75) is 19.2 Å². The van der Waals surface area contributed by atoms with Crippen LogP contribution < -0.4 is 0 Å². The fourth-order valence-electron chi connectivity index (χ4n) is 2.65. The standard InChI is InChI=1S/C15H20N4O3S/c1-13-15(17-22-16-13)11-18-7-9-19(10-8-18)23(20,21)12-14-5-3-2-4-6-14/h2-6H,7-12H2,1H3. The van der Waals surface area contributed by atoms with E-state index in [1.54, 1.807) is 4.31 Å². The molecule has 0 saturated carbocycles.